The summed E-state index contributed by atoms with van der Waals surface area (Å²) >= 11 is 0. The Morgan fingerprint density at radius 3 is 2.78 bits per heavy atom. The maximum Gasteiger partial charge on any atom is 0.263 e. The minimum atomic E-state index is -3.59. The van der Waals surface area contributed by atoms with Crippen LogP contribution in [0.15, 0.2) is 34.2 Å². The summed E-state index contributed by atoms with van der Waals surface area (Å²) in [6, 6.07) is 5.84. The Kier molecular flexibility index (Phi) is 4.11. The van der Waals surface area contributed by atoms with Crippen molar-refractivity contribution < 1.29 is 13.2 Å². The Hall–Kier alpha value is -1.93. The minimum absolute atomic E-state index is 0.0299. The molecule has 23 heavy (non-hydrogen) atoms. The standard InChI is InChI=1S/C15H20N4O3S/c1-9(15(20)18-12(8-16)10-6-7-10)17-14-11-4-2-3-5-13(11)23(21,22)19-14/h2-5,9-10,12H,6-8,16H2,1H3,(H,17,19)(H,18,20). The summed E-state index contributed by atoms with van der Waals surface area (Å²) in [4.78, 5) is 16.7. The fourth-order valence-electron chi connectivity index (χ4n) is 2.65. The molecule has 1 saturated carbocycles. The van der Waals surface area contributed by atoms with E-state index < -0.39 is 16.1 Å². The van der Waals surface area contributed by atoms with E-state index in [1.807, 2.05) is 0 Å². The predicted molar refractivity (Wildman–Crippen MR) is 86.5 cm³/mol. The second-order valence-corrected chi connectivity index (χ2v) is 7.59. The van der Waals surface area contributed by atoms with Crippen molar-refractivity contribution in [1.82, 2.24) is 10.0 Å². The van der Waals surface area contributed by atoms with Gasteiger partial charge in [0, 0.05) is 18.2 Å². The van der Waals surface area contributed by atoms with Gasteiger partial charge in [-0.1, -0.05) is 12.1 Å². The molecule has 0 aromatic heterocycles. The van der Waals surface area contributed by atoms with Gasteiger partial charge in [0.1, 0.15) is 11.9 Å². The fourth-order valence-corrected chi connectivity index (χ4v) is 3.89. The molecule has 124 valence electrons. The molecule has 1 aromatic rings. The Bertz CT molecular complexity index is 756. The molecule has 0 saturated heterocycles. The fraction of sp³-hybridized carbons (Fsp3) is 0.467. The van der Waals surface area contributed by atoms with Crippen molar-refractivity contribution in [3.05, 3.63) is 29.8 Å². The Morgan fingerprint density at radius 1 is 1.43 bits per heavy atom. The molecule has 2 aliphatic rings. The number of rotatable bonds is 5. The third kappa shape index (κ3) is 3.23. The first-order valence-corrected chi connectivity index (χ1v) is 9.11. The molecule has 1 heterocycles. The van der Waals surface area contributed by atoms with Crippen LogP contribution in [0.2, 0.25) is 0 Å². The van der Waals surface area contributed by atoms with E-state index in [0.717, 1.165) is 12.8 Å². The Morgan fingerprint density at radius 2 is 2.13 bits per heavy atom. The maximum absolute atomic E-state index is 12.3. The summed E-state index contributed by atoms with van der Waals surface area (Å²) in [5.74, 6) is 0.414. The second kappa shape index (κ2) is 5.93. The topological polar surface area (TPSA) is 114 Å². The van der Waals surface area contributed by atoms with Gasteiger partial charge in [0.2, 0.25) is 5.91 Å². The van der Waals surface area contributed by atoms with Gasteiger partial charge in [-0.2, -0.15) is 0 Å². The van der Waals surface area contributed by atoms with Crippen LogP contribution in [0.5, 0.6) is 0 Å². The highest BCUT2D eigenvalue weighted by Crippen LogP contribution is 2.32. The van der Waals surface area contributed by atoms with Gasteiger partial charge >= 0.3 is 0 Å². The molecule has 0 radical (unpaired) electrons. The third-order valence-corrected chi connectivity index (χ3v) is 5.53. The zero-order valence-electron chi connectivity index (χ0n) is 12.8. The van der Waals surface area contributed by atoms with Crippen LogP contribution in [0.1, 0.15) is 25.3 Å². The van der Waals surface area contributed by atoms with Crippen molar-refractivity contribution in [2.24, 2.45) is 16.6 Å². The van der Waals surface area contributed by atoms with E-state index in [0.29, 0.717) is 18.0 Å². The minimum Gasteiger partial charge on any atom is -0.350 e. The number of amides is 1. The van der Waals surface area contributed by atoms with Gasteiger partial charge in [0.15, 0.2) is 0 Å². The molecule has 8 heteroatoms. The van der Waals surface area contributed by atoms with Gasteiger partial charge in [-0.05, 0) is 37.8 Å². The van der Waals surface area contributed by atoms with Crippen molar-refractivity contribution in [2.45, 2.75) is 36.7 Å². The molecule has 3 rings (SSSR count). The van der Waals surface area contributed by atoms with Gasteiger partial charge in [-0.15, -0.1) is 0 Å². The van der Waals surface area contributed by atoms with Gasteiger partial charge in [0.05, 0.1) is 4.90 Å². The van der Waals surface area contributed by atoms with Crippen LogP contribution < -0.4 is 15.8 Å². The van der Waals surface area contributed by atoms with E-state index in [9.17, 15) is 13.2 Å². The number of hydrogen-bond donors (Lipinski definition) is 3. The molecule has 1 fully saturated rings. The van der Waals surface area contributed by atoms with Crippen LogP contribution in [-0.4, -0.2) is 38.8 Å². The molecular formula is C15H20N4O3S. The molecule has 4 N–H and O–H groups in total. The van der Waals surface area contributed by atoms with Crippen LogP contribution in [0.4, 0.5) is 0 Å². The number of nitrogens with one attached hydrogen (secondary N) is 2. The molecule has 0 spiro atoms. The number of nitrogens with two attached hydrogens (primary N) is 1. The third-order valence-electron chi connectivity index (χ3n) is 4.14. The lowest BCUT2D eigenvalue weighted by molar-refractivity contribution is -0.122. The zero-order valence-corrected chi connectivity index (χ0v) is 13.6. The van der Waals surface area contributed by atoms with E-state index in [2.05, 4.69) is 15.0 Å². The van der Waals surface area contributed by atoms with Gasteiger partial charge in [-0.25, -0.2) is 8.42 Å². The smallest absolute Gasteiger partial charge is 0.263 e. The number of carbonyl (C=O) groups excluding carboxylic acids is 1. The van der Waals surface area contributed by atoms with Crippen molar-refractivity contribution in [3.8, 4) is 0 Å². The number of nitrogens with zero attached hydrogens (tertiary/aromatic N) is 1. The Balaban J connectivity index is 1.77. The SMILES string of the molecule is CC(N=C1NS(=O)(=O)c2ccccc21)C(=O)NC(CN)C1CC1. The molecule has 2 atom stereocenters. The molecule has 1 aromatic carbocycles. The first kappa shape index (κ1) is 15.9. The molecule has 2 unspecified atom stereocenters. The summed E-state index contributed by atoms with van der Waals surface area (Å²) in [6.07, 6.45) is 2.16. The van der Waals surface area contributed by atoms with E-state index >= 15 is 0 Å². The highest BCUT2D eigenvalue weighted by molar-refractivity contribution is 7.90. The molecule has 1 aliphatic heterocycles. The van der Waals surface area contributed by atoms with Gasteiger partial charge < -0.3 is 11.1 Å². The van der Waals surface area contributed by atoms with E-state index in [1.54, 1.807) is 25.1 Å². The van der Waals surface area contributed by atoms with Crippen LogP contribution in [0.3, 0.4) is 0 Å². The first-order valence-electron chi connectivity index (χ1n) is 7.63. The normalized spacial score (nSPS) is 23.0. The summed E-state index contributed by atoms with van der Waals surface area (Å²) in [7, 11) is -3.59. The van der Waals surface area contributed by atoms with Crippen molar-refractivity contribution in [1.29, 1.82) is 0 Å². The summed E-state index contributed by atoms with van der Waals surface area (Å²) in [6.45, 7) is 2.03. The lowest BCUT2D eigenvalue weighted by Gasteiger charge is -2.18. The quantitative estimate of drug-likeness (QED) is 0.700. The van der Waals surface area contributed by atoms with Crippen LogP contribution >= 0.6 is 0 Å². The number of amidine groups is 1. The lowest BCUT2D eigenvalue weighted by atomic mass is 10.1. The predicted octanol–water partition coefficient (Wildman–Crippen LogP) is -0.0329. The van der Waals surface area contributed by atoms with E-state index in [-0.39, 0.29) is 22.7 Å². The molecular weight excluding hydrogens is 316 g/mol. The van der Waals surface area contributed by atoms with Crippen molar-refractivity contribution in [2.75, 3.05) is 6.54 Å². The van der Waals surface area contributed by atoms with E-state index in [4.69, 9.17) is 5.73 Å². The monoisotopic (exact) mass is 336 g/mol. The second-order valence-electron chi connectivity index (χ2n) is 5.94. The highest BCUT2D eigenvalue weighted by atomic mass is 32.2. The Labute approximate surface area is 135 Å². The average molecular weight is 336 g/mol. The molecule has 0 bridgehead atoms. The van der Waals surface area contributed by atoms with Gasteiger partial charge in [0.25, 0.3) is 10.0 Å². The zero-order chi connectivity index (χ0) is 16.6. The van der Waals surface area contributed by atoms with Gasteiger partial charge in [-0.3, -0.25) is 14.5 Å². The first-order chi connectivity index (χ1) is 10.9. The summed E-state index contributed by atoms with van der Waals surface area (Å²) in [5, 5.41) is 2.90. The number of carbonyl (C=O) groups is 1. The molecule has 1 aliphatic carbocycles. The number of benzene rings is 1. The molecule has 7 nitrogen and oxygen atoms in total. The van der Waals surface area contributed by atoms with Crippen molar-refractivity contribution in [3.63, 3.8) is 0 Å². The van der Waals surface area contributed by atoms with Crippen LogP contribution in [0.25, 0.3) is 0 Å². The average Bonchev–Trinajstić information content (AvgIpc) is 3.32. The molecule has 1 amide bonds. The summed E-state index contributed by atoms with van der Waals surface area (Å²) in [5.41, 5.74) is 6.17. The lowest BCUT2D eigenvalue weighted by Crippen LogP contribution is -2.45. The van der Waals surface area contributed by atoms with Crippen molar-refractivity contribution >= 4 is 21.8 Å². The van der Waals surface area contributed by atoms with E-state index in [1.165, 1.54) is 6.07 Å². The highest BCUT2D eigenvalue weighted by Gasteiger charge is 2.33. The number of hydrogen-bond acceptors (Lipinski definition) is 5. The summed E-state index contributed by atoms with van der Waals surface area (Å²) < 4.78 is 26.5. The number of fused-ring (bicyclic) bond motifs is 1. The number of sulfonamides is 1. The largest absolute Gasteiger partial charge is 0.350 e. The van der Waals surface area contributed by atoms with Crippen LogP contribution in [-0.2, 0) is 14.8 Å². The van der Waals surface area contributed by atoms with Crippen LogP contribution in [0, 0.1) is 5.92 Å². The maximum atomic E-state index is 12.3. The number of aliphatic imine (C=N–C) groups is 1.